The van der Waals surface area contributed by atoms with Crippen LogP contribution < -0.4 is 10.6 Å². The highest BCUT2D eigenvalue weighted by Crippen LogP contribution is 2.14. The van der Waals surface area contributed by atoms with Gasteiger partial charge in [-0.1, -0.05) is 25.4 Å². The lowest BCUT2D eigenvalue weighted by Crippen LogP contribution is -2.38. The van der Waals surface area contributed by atoms with Crippen LogP contribution in [-0.2, 0) is 9.59 Å². The van der Waals surface area contributed by atoms with Gasteiger partial charge in [-0.15, -0.1) is 0 Å². The molecule has 1 rings (SSSR count). The largest absolute Gasteiger partial charge is 0.480 e. The van der Waals surface area contributed by atoms with E-state index < -0.39 is 17.9 Å². The second kappa shape index (κ2) is 8.05. The number of aliphatic carboxylic acids is 1. The maximum absolute atomic E-state index is 12.0. The second-order valence-electron chi connectivity index (χ2n) is 4.86. The van der Waals surface area contributed by atoms with Crippen molar-refractivity contribution in [3.63, 3.8) is 0 Å². The normalized spacial score (nSPS) is 12.4. The number of nitrogens with zero attached hydrogens (tertiary/aromatic N) is 1. The maximum Gasteiger partial charge on any atom is 0.326 e. The van der Waals surface area contributed by atoms with Crippen molar-refractivity contribution < 1.29 is 14.7 Å². The summed E-state index contributed by atoms with van der Waals surface area (Å²) in [5, 5.41) is 23.7. The van der Waals surface area contributed by atoms with Crippen LogP contribution in [0.4, 0.5) is 5.69 Å². The molecule has 1 aromatic rings. The van der Waals surface area contributed by atoms with Gasteiger partial charge in [-0.25, -0.2) is 4.79 Å². The molecule has 0 heterocycles. The van der Waals surface area contributed by atoms with Crippen LogP contribution in [-0.4, -0.2) is 23.0 Å². The Morgan fingerprint density at radius 2 is 1.91 bits per heavy atom. The van der Waals surface area contributed by atoms with Crippen molar-refractivity contribution in [2.75, 3.05) is 5.32 Å². The monoisotopic (exact) mass is 321 g/mol. The topological polar surface area (TPSA) is 102 Å². The molecule has 1 atom stereocenters. The first-order chi connectivity index (χ1) is 10.3. The Labute approximate surface area is 133 Å². The number of hydrogen-bond donors (Lipinski definition) is 3. The van der Waals surface area contributed by atoms with Crippen molar-refractivity contribution >= 4 is 29.2 Å². The molecule has 3 N–H and O–H groups in total. The first-order valence-corrected chi connectivity index (χ1v) is 6.89. The molecule has 0 aromatic heterocycles. The van der Waals surface area contributed by atoms with Crippen LogP contribution in [0.15, 0.2) is 36.0 Å². The van der Waals surface area contributed by atoms with Crippen LogP contribution in [0.25, 0.3) is 0 Å². The van der Waals surface area contributed by atoms with E-state index in [1.807, 2.05) is 0 Å². The summed E-state index contributed by atoms with van der Waals surface area (Å²) in [7, 11) is 0. The number of carbonyl (C=O) groups is 2. The number of nitriles is 1. The van der Waals surface area contributed by atoms with Gasteiger partial charge in [0, 0.05) is 16.9 Å². The number of anilines is 1. The van der Waals surface area contributed by atoms with Gasteiger partial charge in [0.25, 0.3) is 5.91 Å². The molecule has 1 aromatic carbocycles. The van der Waals surface area contributed by atoms with E-state index in [0.717, 1.165) is 6.20 Å². The van der Waals surface area contributed by atoms with Crippen LogP contribution in [0.1, 0.15) is 13.8 Å². The number of hydrogen-bond acceptors (Lipinski definition) is 4. The maximum atomic E-state index is 12.0. The summed E-state index contributed by atoms with van der Waals surface area (Å²) < 4.78 is 0. The standard InChI is InChI=1S/C15H16ClN3O3/c1-9(2)13(15(21)22)18-8-10(7-17)14(20)19-12-5-3-11(16)4-6-12/h3-6,8-9,13,18H,1-2H3,(H,19,20)(H,21,22)/b10-8-. The van der Waals surface area contributed by atoms with E-state index >= 15 is 0 Å². The third-order valence-corrected chi connectivity index (χ3v) is 3.06. The van der Waals surface area contributed by atoms with E-state index in [-0.39, 0.29) is 11.5 Å². The third-order valence-electron chi connectivity index (χ3n) is 2.81. The molecule has 0 saturated carbocycles. The molecule has 0 bridgehead atoms. The molecule has 0 spiro atoms. The Kier molecular flexibility index (Phi) is 6.42. The van der Waals surface area contributed by atoms with Gasteiger partial charge in [-0.05, 0) is 30.2 Å². The van der Waals surface area contributed by atoms with Crippen LogP contribution in [0, 0.1) is 17.2 Å². The quantitative estimate of drug-likeness (QED) is 0.551. The minimum Gasteiger partial charge on any atom is -0.480 e. The molecule has 7 heteroatoms. The van der Waals surface area contributed by atoms with Crippen molar-refractivity contribution in [3.8, 4) is 6.07 Å². The van der Waals surface area contributed by atoms with Crippen molar-refractivity contribution in [2.24, 2.45) is 5.92 Å². The second-order valence-corrected chi connectivity index (χ2v) is 5.29. The summed E-state index contributed by atoms with van der Waals surface area (Å²) >= 11 is 5.74. The van der Waals surface area contributed by atoms with Gasteiger partial charge in [0.15, 0.2) is 0 Å². The molecule has 0 aliphatic heterocycles. The molecule has 0 radical (unpaired) electrons. The van der Waals surface area contributed by atoms with Crippen LogP contribution in [0.3, 0.4) is 0 Å². The zero-order chi connectivity index (χ0) is 16.7. The number of nitrogens with one attached hydrogen (secondary N) is 2. The SMILES string of the molecule is CC(C)C(N/C=C(/C#N)C(=O)Nc1ccc(Cl)cc1)C(=O)O. The molecule has 0 fully saturated rings. The van der Waals surface area contributed by atoms with E-state index in [1.165, 1.54) is 0 Å². The van der Waals surface area contributed by atoms with Crippen molar-refractivity contribution in [1.82, 2.24) is 5.32 Å². The predicted molar refractivity (Wildman–Crippen MR) is 83.2 cm³/mol. The molecule has 1 unspecified atom stereocenters. The Hall–Kier alpha value is -2.52. The Bertz CT molecular complexity index is 618. The van der Waals surface area contributed by atoms with E-state index in [0.29, 0.717) is 10.7 Å². The zero-order valence-corrected chi connectivity index (χ0v) is 12.9. The number of benzene rings is 1. The summed E-state index contributed by atoms with van der Waals surface area (Å²) in [6.45, 7) is 3.44. The van der Waals surface area contributed by atoms with E-state index in [2.05, 4.69) is 10.6 Å². The fourth-order valence-electron chi connectivity index (χ4n) is 1.60. The van der Waals surface area contributed by atoms with Crippen LogP contribution >= 0.6 is 11.6 Å². The molecule has 116 valence electrons. The predicted octanol–water partition coefficient (Wildman–Crippen LogP) is 2.38. The van der Waals surface area contributed by atoms with Gasteiger partial charge < -0.3 is 15.7 Å². The average molecular weight is 322 g/mol. The zero-order valence-electron chi connectivity index (χ0n) is 12.1. The number of carbonyl (C=O) groups excluding carboxylic acids is 1. The molecular formula is C15H16ClN3O3. The van der Waals surface area contributed by atoms with E-state index in [4.69, 9.17) is 22.0 Å². The van der Waals surface area contributed by atoms with Crippen molar-refractivity contribution in [2.45, 2.75) is 19.9 Å². The van der Waals surface area contributed by atoms with E-state index in [9.17, 15) is 9.59 Å². The van der Waals surface area contributed by atoms with Crippen molar-refractivity contribution in [1.29, 1.82) is 5.26 Å². The van der Waals surface area contributed by atoms with Gasteiger partial charge in [-0.2, -0.15) is 5.26 Å². The van der Waals surface area contributed by atoms with Crippen molar-refractivity contribution in [3.05, 3.63) is 41.1 Å². The third kappa shape index (κ3) is 5.11. The Balaban J connectivity index is 2.80. The summed E-state index contributed by atoms with van der Waals surface area (Å²) in [6.07, 6.45) is 1.12. The number of carboxylic acids is 1. The number of halogens is 1. The molecule has 0 saturated heterocycles. The fourth-order valence-corrected chi connectivity index (χ4v) is 1.73. The Morgan fingerprint density at radius 3 is 2.36 bits per heavy atom. The summed E-state index contributed by atoms with van der Waals surface area (Å²) in [4.78, 5) is 23.0. The summed E-state index contributed by atoms with van der Waals surface area (Å²) in [5.74, 6) is -1.89. The fraction of sp³-hybridized carbons (Fsp3) is 0.267. The molecule has 1 amide bonds. The molecule has 0 aliphatic carbocycles. The lowest BCUT2D eigenvalue weighted by atomic mass is 10.1. The van der Waals surface area contributed by atoms with Gasteiger partial charge in [-0.3, -0.25) is 4.79 Å². The smallest absolute Gasteiger partial charge is 0.326 e. The van der Waals surface area contributed by atoms with Gasteiger partial charge >= 0.3 is 5.97 Å². The molecule has 22 heavy (non-hydrogen) atoms. The summed E-state index contributed by atoms with van der Waals surface area (Å²) in [6, 6.07) is 7.24. The highest BCUT2D eigenvalue weighted by Gasteiger charge is 2.20. The van der Waals surface area contributed by atoms with Crippen LogP contribution in [0.2, 0.25) is 5.02 Å². The average Bonchev–Trinajstić information content (AvgIpc) is 2.45. The van der Waals surface area contributed by atoms with Gasteiger partial charge in [0.2, 0.25) is 0 Å². The molecular weight excluding hydrogens is 306 g/mol. The minimum atomic E-state index is -1.05. The number of amides is 1. The van der Waals surface area contributed by atoms with Gasteiger partial charge in [0.05, 0.1) is 0 Å². The first-order valence-electron chi connectivity index (χ1n) is 6.51. The lowest BCUT2D eigenvalue weighted by molar-refractivity contribution is -0.140. The minimum absolute atomic E-state index is 0.201. The molecule has 6 nitrogen and oxygen atoms in total. The highest BCUT2D eigenvalue weighted by atomic mass is 35.5. The van der Waals surface area contributed by atoms with E-state index in [1.54, 1.807) is 44.2 Å². The summed E-state index contributed by atoms with van der Waals surface area (Å²) in [5.41, 5.74) is 0.260. The lowest BCUT2D eigenvalue weighted by Gasteiger charge is -2.16. The first kappa shape index (κ1) is 17.5. The molecule has 0 aliphatic rings. The Morgan fingerprint density at radius 1 is 1.32 bits per heavy atom. The number of rotatable bonds is 6. The highest BCUT2D eigenvalue weighted by molar-refractivity contribution is 6.30. The van der Waals surface area contributed by atoms with Crippen LogP contribution in [0.5, 0.6) is 0 Å². The number of carboxylic acid groups (broad SMARTS) is 1. The van der Waals surface area contributed by atoms with Gasteiger partial charge in [0.1, 0.15) is 17.7 Å².